The summed E-state index contributed by atoms with van der Waals surface area (Å²) in [6.07, 6.45) is 1.66. The average Bonchev–Trinajstić information content (AvgIpc) is 2.38. The molecule has 0 spiro atoms. The molecule has 18 heavy (non-hydrogen) atoms. The molecule has 0 amide bonds. The Kier molecular flexibility index (Phi) is 3.80. The topological polar surface area (TPSA) is 62.7 Å². The van der Waals surface area contributed by atoms with Crippen molar-refractivity contribution in [1.82, 2.24) is 4.98 Å². The fourth-order valence-electron chi connectivity index (χ4n) is 1.43. The quantitative estimate of drug-likeness (QED) is 0.861. The van der Waals surface area contributed by atoms with Gasteiger partial charge in [0.1, 0.15) is 11.6 Å². The second-order valence-electron chi connectivity index (χ2n) is 3.62. The third-order valence-electron chi connectivity index (χ3n) is 2.34. The van der Waals surface area contributed by atoms with Gasteiger partial charge in [-0.15, -0.1) is 11.8 Å². The van der Waals surface area contributed by atoms with Crippen LogP contribution in [0.4, 0.5) is 10.2 Å². The summed E-state index contributed by atoms with van der Waals surface area (Å²) in [7, 11) is 0. The van der Waals surface area contributed by atoms with Crippen LogP contribution in [0.2, 0.25) is 0 Å². The summed E-state index contributed by atoms with van der Waals surface area (Å²) in [4.78, 5) is 4.90. The number of benzene rings is 1. The van der Waals surface area contributed by atoms with E-state index in [0.717, 1.165) is 4.90 Å². The molecule has 0 aliphatic rings. The Morgan fingerprint density at radius 1 is 1.33 bits per heavy atom. The van der Waals surface area contributed by atoms with Crippen molar-refractivity contribution in [3.05, 3.63) is 53.5 Å². The van der Waals surface area contributed by atoms with Gasteiger partial charge in [-0.3, -0.25) is 0 Å². The van der Waals surface area contributed by atoms with Crippen molar-refractivity contribution < 1.29 is 4.39 Å². The molecule has 2 N–H and O–H groups in total. The van der Waals surface area contributed by atoms with Crippen LogP contribution in [0.3, 0.4) is 0 Å². The lowest BCUT2D eigenvalue weighted by atomic mass is 10.1. The first-order valence-corrected chi connectivity index (χ1v) is 6.20. The number of hydrogen-bond acceptors (Lipinski definition) is 4. The minimum absolute atomic E-state index is 0.333. The number of anilines is 1. The fourth-order valence-corrected chi connectivity index (χ4v) is 2.28. The molecule has 1 aromatic heterocycles. The normalized spacial score (nSPS) is 10.0. The van der Waals surface area contributed by atoms with E-state index >= 15 is 0 Å². The molecule has 2 rings (SSSR count). The lowest BCUT2D eigenvalue weighted by Crippen LogP contribution is -1.91. The standard InChI is InChI=1S/C13H10FN3S/c14-11-2-1-9(6-15)10(5-11)8-18-12-3-4-13(16)17-7-12/h1-5,7H,8H2,(H2,16,17). The van der Waals surface area contributed by atoms with E-state index in [4.69, 9.17) is 11.0 Å². The van der Waals surface area contributed by atoms with Gasteiger partial charge in [0.25, 0.3) is 0 Å². The minimum atomic E-state index is -0.333. The van der Waals surface area contributed by atoms with Crippen LogP contribution in [-0.2, 0) is 5.75 Å². The number of aromatic nitrogens is 1. The molecule has 3 nitrogen and oxygen atoms in total. The molecule has 0 saturated carbocycles. The third kappa shape index (κ3) is 2.99. The highest BCUT2D eigenvalue weighted by atomic mass is 32.2. The summed E-state index contributed by atoms with van der Waals surface area (Å²) < 4.78 is 13.1. The molecule has 0 saturated heterocycles. The van der Waals surface area contributed by atoms with Crippen LogP contribution in [-0.4, -0.2) is 4.98 Å². The second-order valence-corrected chi connectivity index (χ2v) is 4.67. The van der Waals surface area contributed by atoms with Crippen molar-refractivity contribution >= 4 is 17.6 Å². The van der Waals surface area contributed by atoms with E-state index in [-0.39, 0.29) is 5.82 Å². The van der Waals surface area contributed by atoms with Gasteiger partial charge in [0, 0.05) is 16.8 Å². The minimum Gasteiger partial charge on any atom is -0.384 e. The molecule has 0 unspecified atom stereocenters. The maximum Gasteiger partial charge on any atom is 0.123 e. The van der Waals surface area contributed by atoms with Crippen LogP contribution in [0.15, 0.2) is 41.4 Å². The van der Waals surface area contributed by atoms with Gasteiger partial charge >= 0.3 is 0 Å². The van der Waals surface area contributed by atoms with E-state index in [2.05, 4.69) is 11.1 Å². The summed E-state index contributed by atoms with van der Waals surface area (Å²) in [5.41, 5.74) is 6.66. The van der Waals surface area contributed by atoms with Gasteiger partial charge in [-0.25, -0.2) is 9.37 Å². The first kappa shape index (κ1) is 12.4. The molecular formula is C13H10FN3S. The summed E-state index contributed by atoms with van der Waals surface area (Å²) >= 11 is 1.48. The maximum atomic E-state index is 13.1. The van der Waals surface area contributed by atoms with Crippen LogP contribution in [0.1, 0.15) is 11.1 Å². The maximum absolute atomic E-state index is 13.1. The third-order valence-corrected chi connectivity index (χ3v) is 3.37. The Bertz CT molecular complexity index is 590. The van der Waals surface area contributed by atoms with Crippen molar-refractivity contribution in [2.75, 3.05) is 5.73 Å². The van der Waals surface area contributed by atoms with Gasteiger partial charge in [-0.05, 0) is 35.9 Å². The Balaban J connectivity index is 2.13. The van der Waals surface area contributed by atoms with E-state index < -0.39 is 0 Å². The molecule has 2 aromatic rings. The Labute approximate surface area is 108 Å². The summed E-state index contributed by atoms with van der Waals surface area (Å²) in [5, 5.41) is 8.93. The second kappa shape index (κ2) is 5.52. The van der Waals surface area contributed by atoms with E-state index in [1.54, 1.807) is 12.3 Å². The van der Waals surface area contributed by atoms with E-state index in [1.165, 1.54) is 30.0 Å². The van der Waals surface area contributed by atoms with Crippen LogP contribution in [0, 0.1) is 17.1 Å². The zero-order valence-corrected chi connectivity index (χ0v) is 10.2. The zero-order valence-electron chi connectivity index (χ0n) is 9.43. The van der Waals surface area contributed by atoms with Gasteiger partial charge in [-0.1, -0.05) is 0 Å². The van der Waals surface area contributed by atoms with Crippen LogP contribution in [0.5, 0.6) is 0 Å². The number of pyridine rings is 1. The lowest BCUT2D eigenvalue weighted by Gasteiger charge is -2.04. The molecular weight excluding hydrogens is 249 g/mol. The van der Waals surface area contributed by atoms with Crippen molar-refractivity contribution in [2.45, 2.75) is 10.6 Å². The van der Waals surface area contributed by atoms with Gasteiger partial charge in [0.05, 0.1) is 11.6 Å². The van der Waals surface area contributed by atoms with Crippen molar-refractivity contribution in [3.63, 3.8) is 0 Å². The van der Waals surface area contributed by atoms with E-state index in [9.17, 15) is 4.39 Å². The molecule has 90 valence electrons. The molecule has 0 atom stereocenters. The molecule has 1 aromatic carbocycles. The predicted octanol–water partition coefficient (Wildman–Crippen LogP) is 2.97. The summed E-state index contributed by atoms with van der Waals surface area (Å²) in [6, 6.07) is 9.77. The van der Waals surface area contributed by atoms with Crippen molar-refractivity contribution in [1.29, 1.82) is 5.26 Å². The number of nitriles is 1. The molecule has 0 radical (unpaired) electrons. The first-order valence-electron chi connectivity index (χ1n) is 5.22. The molecule has 0 bridgehead atoms. The SMILES string of the molecule is N#Cc1ccc(F)cc1CSc1ccc(N)nc1. The molecule has 0 aliphatic heterocycles. The number of thioether (sulfide) groups is 1. The first-order chi connectivity index (χ1) is 8.69. The number of hydrogen-bond donors (Lipinski definition) is 1. The van der Waals surface area contributed by atoms with Gasteiger partial charge in [0.15, 0.2) is 0 Å². The highest BCUT2D eigenvalue weighted by Gasteiger charge is 2.05. The lowest BCUT2D eigenvalue weighted by molar-refractivity contribution is 0.626. The Hall–Kier alpha value is -2.06. The van der Waals surface area contributed by atoms with Gasteiger partial charge < -0.3 is 5.73 Å². The highest BCUT2D eigenvalue weighted by molar-refractivity contribution is 7.98. The zero-order chi connectivity index (χ0) is 13.0. The monoisotopic (exact) mass is 259 g/mol. The van der Waals surface area contributed by atoms with Crippen molar-refractivity contribution in [2.24, 2.45) is 0 Å². The van der Waals surface area contributed by atoms with Crippen LogP contribution in [0.25, 0.3) is 0 Å². The van der Waals surface area contributed by atoms with Crippen LogP contribution < -0.4 is 5.73 Å². The fraction of sp³-hybridized carbons (Fsp3) is 0.0769. The number of nitrogen functional groups attached to an aromatic ring is 1. The largest absolute Gasteiger partial charge is 0.384 e. The van der Waals surface area contributed by atoms with E-state index in [0.29, 0.717) is 22.7 Å². The summed E-state index contributed by atoms with van der Waals surface area (Å²) in [6.45, 7) is 0. The average molecular weight is 259 g/mol. The van der Waals surface area contributed by atoms with Crippen LogP contribution >= 0.6 is 11.8 Å². The van der Waals surface area contributed by atoms with E-state index in [1.807, 2.05) is 6.07 Å². The molecule has 0 aliphatic carbocycles. The number of halogens is 1. The van der Waals surface area contributed by atoms with Gasteiger partial charge in [-0.2, -0.15) is 5.26 Å². The summed E-state index contributed by atoms with van der Waals surface area (Å²) in [5.74, 6) is 0.648. The molecule has 1 heterocycles. The Morgan fingerprint density at radius 3 is 2.83 bits per heavy atom. The number of nitrogens with zero attached hydrogens (tertiary/aromatic N) is 2. The molecule has 0 fully saturated rings. The van der Waals surface area contributed by atoms with Gasteiger partial charge in [0.2, 0.25) is 0 Å². The predicted molar refractivity (Wildman–Crippen MR) is 69.3 cm³/mol. The smallest absolute Gasteiger partial charge is 0.123 e. The number of rotatable bonds is 3. The van der Waals surface area contributed by atoms with Crippen molar-refractivity contribution in [3.8, 4) is 6.07 Å². The number of nitrogens with two attached hydrogens (primary N) is 1. The highest BCUT2D eigenvalue weighted by Crippen LogP contribution is 2.24. The molecule has 5 heteroatoms. The Morgan fingerprint density at radius 2 is 2.17 bits per heavy atom.